The van der Waals surface area contributed by atoms with Crippen molar-refractivity contribution >= 4 is 45.1 Å². The summed E-state index contributed by atoms with van der Waals surface area (Å²) in [5.41, 5.74) is 6.40. The number of halogens is 1. The molecule has 31 heavy (non-hydrogen) atoms. The van der Waals surface area contributed by atoms with Gasteiger partial charge in [0.2, 0.25) is 0 Å². The lowest BCUT2D eigenvalue weighted by atomic mass is 10.1. The minimum atomic E-state index is 0.727. The van der Waals surface area contributed by atoms with E-state index in [0.29, 0.717) is 0 Å². The third-order valence-corrected chi connectivity index (χ3v) is 6.68. The van der Waals surface area contributed by atoms with Crippen molar-refractivity contribution in [2.24, 2.45) is 0 Å². The van der Waals surface area contributed by atoms with Crippen molar-refractivity contribution in [3.8, 4) is 22.5 Å². The number of aromatic nitrogens is 2. The average molecular weight is 460 g/mol. The molecule has 3 nitrogen and oxygen atoms in total. The van der Waals surface area contributed by atoms with Crippen LogP contribution in [-0.2, 0) is 6.42 Å². The summed E-state index contributed by atoms with van der Waals surface area (Å²) < 4.78 is 0. The van der Waals surface area contributed by atoms with Crippen LogP contribution in [0.2, 0.25) is 5.02 Å². The van der Waals surface area contributed by atoms with E-state index in [9.17, 15) is 0 Å². The van der Waals surface area contributed by atoms with Gasteiger partial charge in [0.25, 0.3) is 0 Å². The molecule has 0 fully saturated rings. The lowest BCUT2D eigenvalue weighted by Gasteiger charge is -2.04. The van der Waals surface area contributed by atoms with Gasteiger partial charge in [-0.25, -0.2) is 9.97 Å². The molecule has 3 aromatic carbocycles. The maximum atomic E-state index is 5.97. The van der Waals surface area contributed by atoms with Gasteiger partial charge in [0.05, 0.1) is 16.4 Å². The summed E-state index contributed by atoms with van der Waals surface area (Å²) in [6, 6.07) is 26.5. The molecule has 6 heteroatoms. The average Bonchev–Trinajstić information content (AvgIpc) is 3.46. The lowest BCUT2D eigenvalue weighted by Crippen LogP contribution is -1.90. The Labute approximate surface area is 194 Å². The summed E-state index contributed by atoms with van der Waals surface area (Å²) in [5.74, 6) is 0. The van der Waals surface area contributed by atoms with Crippen molar-refractivity contribution in [1.29, 1.82) is 0 Å². The number of hydrogen-bond acceptors (Lipinski definition) is 5. The number of anilines is 2. The summed E-state index contributed by atoms with van der Waals surface area (Å²) >= 11 is 9.26. The lowest BCUT2D eigenvalue weighted by molar-refractivity contribution is 1.14. The third-order valence-electron chi connectivity index (χ3n) is 4.83. The van der Waals surface area contributed by atoms with Gasteiger partial charge in [0, 0.05) is 39.0 Å². The maximum Gasteiger partial charge on any atom is 0.187 e. The van der Waals surface area contributed by atoms with Crippen molar-refractivity contribution in [1.82, 2.24) is 9.97 Å². The summed E-state index contributed by atoms with van der Waals surface area (Å²) in [5, 5.41) is 10.3. The minimum absolute atomic E-state index is 0.727. The first-order valence-corrected chi connectivity index (χ1v) is 11.9. The van der Waals surface area contributed by atoms with Crippen LogP contribution >= 0.6 is 34.3 Å². The van der Waals surface area contributed by atoms with Crippen LogP contribution < -0.4 is 5.32 Å². The molecule has 0 radical (unpaired) electrons. The van der Waals surface area contributed by atoms with Gasteiger partial charge in [-0.1, -0.05) is 66.2 Å². The first-order valence-electron chi connectivity index (χ1n) is 9.80. The van der Waals surface area contributed by atoms with Crippen LogP contribution in [0.4, 0.5) is 10.8 Å². The summed E-state index contributed by atoms with van der Waals surface area (Å²) in [4.78, 5) is 9.49. The van der Waals surface area contributed by atoms with Gasteiger partial charge in [-0.15, -0.1) is 22.7 Å². The van der Waals surface area contributed by atoms with E-state index < -0.39 is 0 Å². The number of benzene rings is 3. The molecule has 0 saturated carbocycles. The van der Waals surface area contributed by atoms with E-state index in [4.69, 9.17) is 16.6 Å². The molecule has 152 valence electrons. The van der Waals surface area contributed by atoms with E-state index >= 15 is 0 Å². The van der Waals surface area contributed by atoms with E-state index in [2.05, 4.69) is 64.2 Å². The van der Waals surface area contributed by atoms with Gasteiger partial charge < -0.3 is 5.32 Å². The molecule has 0 amide bonds. The Bertz CT molecular complexity index is 1280. The highest BCUT2D eigenvalue weighted by molar-refractivity contribution is 7.14. The zero-order valence-electron chi connectivity index (χ0n) is 16.5. The number of hydrogen-bond donors (Lipinski definition) is 1. The Morgan fingerprint density at radius 3 is 2.10 bits per heavy atom. The molecule has 2 heterocycles. The fourth-order valence-corrected chi connectivity index (χ4v) is 4.93. The molecule has 0 aliphatic heterocycles. The Morgan fingerprint density at radius 2 is 1.35 bits per heavy atom. The summed E-state index contributed by atoms with van der Waals surface area (Å²) in [6.07, 6.45) is 0.866. The Kier molecular flexibility index (Phi) is 5.80. The third kappa shape index (κ3) is 4.85. The molecule has 5 aromatic rings. The second-order valence-electron chi connectivity index (χ2n) is 7.04. The largest absolute Gasteiger partial charge is 0.332 e. The van der Waals surface area contributed by atoms with Crippen LogP contribution in [0.1, 0.15) is 10.6 Å². The number of nitrogens with zero attached hydrogens (tertiary/aromatic N) is 2. The van der Waals surface area contributed by atoms with Gasteiger partial charge in [-0.2, -0.15) is 0 Å². The zero-order chi connectivity index (χ0) is 21.0. The number of nitrogens with one attached hydrogen (secondary N) is 1. The van der Waals surface area contributed by atoms with E-state index in [1.54, 1.807) is 22.7 Å². The van der Waals surface area contributed by atoms with E-state index in [1.165, 1.54) is 5.56 Å². The van der Waals surface area contributed by atoms with Gasteiger partial charge >= 0.3 is 0 Å². The van der Waals surface area contributed by atoms with Crippen LogP contribution in [0.3, 0.4) is 0 Å². The van der Waals surface area contributed by atoms with Crippen LogP contribution in [0.15, 0.2) is 89.6 Å². The van der Waals surface area contributed by atoms with Gasteiger partial charge in [-0.05, 0) is 29.8 Å². The molecule has 0 spiro atoms. The Hall–Kier alpha value is -2.99. The topological polar surface area (TPSA) is 37.8 Å². The van der Waals surface area contributed by atoms with Crippen LogP contribution in [0.25, 0.3) is 22.5 Å². The molecule has 0 aliphatic rings. The fourth-order valence-electron chi connectivity index (χ4n) is 3.23. The highest BCUT2D eigenvalue weighted by Crippen LogP contribution is 2.29. The quantitative estimate of drug-likeness (QED) is 0.280. The molecule has 5 rings (SSSR count). The molecule has 0 unspecified atom stereocenters. The fraction of sp³-hybridized carbons (Fsp3) is 0.0400. The van der Waals surface area contributed by atoms with Gasteiger partial charge in [-0.3, -0.25) is 0 Å². The summed E-state index contributed by atoms with van der Waals surface area (Å²) in [6.45, 7) is 0. The molecular weight excluding hydrogens is 442 g/mol. The molecule has 0 atom stereocenters. The van der Waals surface area contributed by atoms with E-state index in [1.807, 2.05) is 35.7 Å². The Balaban J connectivity index is 1.26. The van der Waals surface area contributed by atoms with Crippen molar-refractivity contribution in [2.75, 3.05) is 5.32 Å². The van der Waals surface area contributed by atoms with E-state index in [-0.39, 0.29) is 0 Å². The Morgan fingerprint density at radius 1 is 0.710 bits per heavy atom. The molecule has 1 N–H and O–H groups in total. The van der Waals surface area contributed by atoms with Crippen molar-refractivity contribution < 1.29 is 0 Å². The number of rotatable bonds is 6. The predicted molar refractivity (Wildman–Crippen MR) is 133 cm³/mol. The summed E-state index contributed by atoms with van der Waals surface area (Å²) in [7, 11) is 0. The van der Waals surface area contributed by atoms with Gasteiger partial charge in [0.15, 0.2) is 5.13 Å². The molecule has 0 bridgehead atoms. The van der Waals surface area contributed by atoms with Crippen LogP contribution in [0, 0.1) is 0 Å². The highest BCUT2D eigenvalue weighted by Gasteiger charge is 2.08. The second-order valence-corrected chi connectivity index (χ2v) is 9.27. The first-order chi connectivity index (χ1) is 15.2. The van der Waals surface area contributed by atoms with Gasteiger partial charge in [0.1, 0.15) is 0 Å². The molecule has 0 saturated heterocycles. The maximum absolute atomic E-state index is 5.97. The molecular formula is C25H18ClN3S2. The predicted octanol–water partition coefficient (Wildman–Crippen LogP) is 7.92. The van der Waals surface area contributed by atoms with E-state index in [0.717, 1.165) is 49.8 Å². The SMILES string of the molecule is Clc1ccc(-c2csc(Nc3ccc(-c4csc(Cc5ccccc5)n4)cc3)n2)cc1. The molecule has 2 aromatic heterocycles. The molecule has 0 aliphatic carbocycles. The first kappa shape index (κ1) is 19.9. The highest BCUT2D eigenvalue weighted by atomic mass is 35.5. The van der Waals surface area contributed by atoms with Crippen molar-refractivity contribution in [3.05, 3.63) is 105 Å². The van der Waals surface area contributed by atoms with Crippen LogP contribution in [-0.4, -0.2) is 9.97 Å². The number of thiazole rings is 2. The van der Waals surface area contributed by atoms with Crippen LogP contribution in [0.5, 0.6) is 0 Å². The zero-order valence-corrected chi connectivity index (χ0v) is 18.8. The minimum Gasteiger partial charge on any atom is -0.332 e. The standard InChI is InChI=1S/C25H18ClN3S2/c26-20-10-6-18(7-11-20)23-16-31-25(29-23)27-21-12-8-19(9-13-21)22-15-30-24(28-22)14-17-4-2-1-3-5-17/h1-13,15-16H,14H2,(H,27,29). The second kappa shape index (κ2) is 9.02. The van der Waals surface area contributed by atoms with Crippen molar-refractivity contribution in [3.63, 3.8) is 0 Å². The monoisotopic (exact) mass is 459 g/mol. The smallest absolute Gasteiger partial charge is 0.187 e. The normalized spacial score (nSPS) is 10.9. The van der Waals surface area contributed by atoms with Crippen molar-refractivity contribution in [2.45, 2.75) is 6.42 Å².